The van der Waals surface area contributed by atoms with Crippen molar-refractivity contribution in [3.63, 3.8) is 0 Å². The Hall–Kier alpha value is -3.67. The predicted molar refractivity (Wildman–Crippen MR) is 109 cm³/mol. The molecular formula is C22H21N3O3. The van der Waals surface area contributed by atoms with Crippen LogP contribution in [0.5, 0.6) is 0 Å². The Bertz CT molecular complexity index is 1010. The van der Waals surface area contributed by atoms with Crippen molar-refractivity contribution in [3.05, 3.63) is 83.0 Å². The average Bonchev–Trinajstić information content (AvgIpc) is 2.70. The number of rotatable bonds is 5. The number of hydrogen-bond acceptors (Lipinski definition) is 5. The normalized spacial score (nSPS) is 10.2. The number of hydrogen-bond donors (Lipinski definition) is 2. The van der Waals surface area contributed by atoms with E-state index in [2.05, 4.69) is 15.6 Å². The minimum Gasteiger partial charge on any atom is -0.465 e. The molecule has 0 saturated heterocycles. The Morgan fingerprint density at radius 3 is 2.43 bits per heavy atom. The molecule has 0 bridgehead atoms. The lowest BCUT2D eigenvalue weighted by Crippen LogP contribution is -2.13. The molecule has 0 unspecified atom stereocenters. The first-order valence-electron chi connectivity index (χ1n) is 8.77. The number of nitrogens with zero attached hydrogens (tertiary/aromatic N) is 1. The van der Waals surface area contributed by atoms with Crippen LogP contribution in [0.2, 0.25) is 0 Å². The SMILES string of the molecule is COC(=O)c1ccccc1Nc1ccc(C(=O)Nc2ccc(C)cc2C)cn1. The second-order valence-electron chi connectivity index (χ2n) is 6.37. The molecule has 0 spiro atoms. The third kappa shape index (κ3) is 4.35. The van der Waals surface area contributed by atoms with E-state index in [0.717, 1.165) is 16.8 Å². The van der Waals surface area contributed by atoms with Crippen LogP contribution in [-0.4, -0.2) is 24.0 Å². The number of carbonyl (C=O) groups is 2. The summed E-state index contributed by atoms with van der Waals surface area (Å²) in [4.78, 5) is 28.6. The van der Waals surface area contributed by atoms with E-state index >= 15 is 0 Å². The van der Waals surface area contributed by atoms with Gasteiger partial charge >= 0.3 is 5.97 Å². The number of amides is 1. The summed E-state index contributed by atoms with van der Waals surface area (Å²) in [5, 5.41) is 5.97. The lowest BCUT2D eigenvalue weighted by Gasteiger charge is -2.11. The fourth-order valence-electron chi connectivity index (χ4n) is 2.77. The molecule has 3 rings (SSSR count). The molecule has 1 heterocycles. The number of nitrogens with one attached hydrogen (secondary N) is 2. The zero-order valence-electron chi connectivity index (χ0n) is 15.9. The molecule has 142 valence electrons. The van der Waals surface area contributed by atoms with Gasteiger partial charge in [-0.05, 0) is 49.7 Å². The Labute approximate surface area is 163 Å². The molecule has 0 atom stereocenters. The Kier molecular flexibility index (Phi) is 5.69. The molecule has 6 heteroatoms. The van der Waals surface area contributed by atoms with E-state index in [1.807, 2.05) is 32.0 Å². The highest BCUT2D eigenvalue weighted by atomic mass is 16.5. The van der Waals surface area contributed by atoms with Gasteiger partial charge in [0.15, 0.2) is 0 Å². The standard InChI is InChI=1S/C22H21N3O3/c1-14-8-10-18(15(2)12-14)25-21(26)16-9-11-20(23-13-16)24-19-7-5-4-6-17(19)22(27)28-3/h4-13H,1-3H3,(H,23,24)(H,25,26). The summed E-state index contributed by atoms with van der Waals surface area (Å²) in [7, 11) is 1.33. The lowest BCUT2D eigenvalue weighted by atomic mass is 10.1. The van der Waals surface area contributed by atoms with E-state index in [9.17, 15) is 9.59 Å². The minimum absolute atomic E-state index is 0.235. The summed E-state index contributed by atoms with van der Waals surface area (Å²) in [5.74, 6) is -0.159. The van der Waals surface area contributed by atoms with E-state index in [4.69, 9.17) is 4.74 Å². The molecule has 1 aromatic heterocycles. The van der Waals surface area contributed by atoms with E-state index in [0.29, 0.717) is 22.6 Å². The van der Waals surface area contributed by atoms with Crippen molar-refractivity contribution >= 4 is 29.1 Å². The number of aryl methyl sites for hydroxylation is 2. The van der Waals surface area contributed by atoms with Crippen LogP contribution in [0.1, 0.15) is 31.8 Å². The molecule has 0 fully saturated rings. The Morgan fingerprint density at radius 2 is 1.75 bits per heavy atom. The summed E-state index contributed by atoms with van der Waals surface area (Å²) in [6.45, 7) is 3.96. The number of benzene rings is 2. The zero-order chi connectivity index (χ0) is 20.1. The van der Waals surface area contributed by atoms with Gasteiger partial charge in [0.05, 0.1) is 23.9 Å². The van der Waals surface area contributed by atoms with Gasteiger partial charge in [-0.25, -0.2) is 9.78 Å². The molecule has 2 N–H and O–H groups in total. The average molecular weight is 375 g/mol. The predicted octanol–water partition coefficient (Wildman–Crippen LogP) is 4.48. The fraction of sp³-hybridized carbons (Fsp3) is 0.136. The number of para-hydroxylation sites is 1. The topological polar surface area (TPSA) is 80.3 Å². The van der Waals surface area contributed by atoms with Crippen LogP contribution in [-0.2, 0) is 4.74 Å². The third-order valence-corrected chi connectivity index (χ3v) is 4.25. The Balaban J connectivity index is 1.73. The molecule has 2 aromatic carbocycles. The van der Waals surface area contributed by atoms with Crippen molar-refractivity contribution in [1.82, 2.24) is 4.98 Å². The van der Waals surface area contributed by atoms with Gasteiger partial charge in [-0.15, -0.1) is 0 Å². The minimum atomic E-state index is -0.437. The van der Waals surface area contributed by atoms with Crippen LogP contribution in [0.15, 0.2) is 60.8 Å². The molecular weight excluding hydrogens is 354 g/mol. The van der Waals surface area contributed by atoms with Crippen molar-refractivity contribution in [1.29, 1.82) is 0 Å². The summed E-state index contributed by atoms with van der Waals surface area (Å²) < 4.78 is 4.79. The van der Waals surface area contributed by atoms with Crippen LogP contribution in [0.25, 0.3) is 0 Å². The highest BCUT2D eigenvalue weighted by Gasteiger charge is 2.12. The monoisotopic (exact) mass is 375 g/mol. The summed E-state index contributed by atoms with van der Waals surface area (Å²) in [6.07, 6.45) is 1.49. The van der Waals surface area contributed by atoms with E-state index in [1.165, 1.54) is 13.3 Å². The van der Waals surface area contributed by atoms with Gasteiger partial charge in [-0.1, -0.05) is 29.8 Å². The van der Waals surface area contributed by atoms with Crippen LogP contribution in [0, 0.1) is 13.8 Å². The summed E-state index contributed by atoms with van der Waals surface area (Å²) in [5.41, 5.74) is 4.33. The maximum atomic E-state index is 12.5. The number of ether oxygens (including phenoxy) is 1. The van der Waals surface area contributed by atoms with Crippen molar-refractivity contribution in [3.8, 4) is 0 Å². The number of carbonyl (C=O) groups excluding carboxylic acids is 2. The highest BCUT2D eigenvalue weighted by Crippen LogP contribution is 2.21. The first-order valence-corrected chi connectivity index (χ1v) is 8.77. The quantitative estimate of drug-likeness (QED) is 0.643. The number of anilines is 3. The van der Waals surface area contributed by atoms with Crippen molar-refractivity contribution in [2.45, 2.75) is 13.8 Å². The number of methoxy groups -OCH3 is 1. The molecule has 0 radical (unpaired) electrons. The number of pyridine rings is 1. The van der Waals surface area contributed by atoms with Gasteiger partial charge in [-0.3, -0.25) is 4.79 Å². The van der Waals surface area contributed by atoms with E-state index in [1.54, 1.807) is 36.4 Å². The lowest BCUT2D eigenvalue weighted by molar-refractivity contribution is 0.0601. The van der Waals surface area contributed by atoms with E-state index < -0.39 is 5.97 Å². The first kappa shape index (κ1) is 19.1. The summed E-state index contributed by atoms with van der Waals surface area (Å²) >= 11 is 0. The molecule has 0 aliphatic heterocycles. The number of esters is 1. The Morgan fingerprint density at radius 1 is 0.964 bits per heavy atom. The van der Waals surface area contributed by atoms with Crippen LogP contribution in [0.3, 0.4) is 0 Å². The van der Waals surface area contributed by atoms with Crippen molar-refractivity contribution in [2.75, 3.05) is 17.7 Å². The van der Waals surface area contributed by atoms with Crippen molar-refractivity contribution in [2.24, 2.45) is 0 Å². The first-order chi connectivity index (χ1) is 13.5. The fourth-order valence-corrected chi connectivity index (χ4v) is 2.77. The van der Waals surface area contributed by atoms with Crippen LogP contribution in [0.4, 0.5) is 17.2 Å². The van der Waals surface area contributed by atoms with Gasteiger partial charge in [-0.2, -0.15) is 0 Å². The molecule has 3 aromatic rings. The van der Waals surface area contributed by atoms with Crippen molar-refractivity contribution < 1.29 is 14.3 Å². The zero-order valence-corrected chi connectivity index (χ0v) is 15.9. The van der Waals surface area contributed by atoms with E-state index in [-0.39, 0.29) is 5.91 Å². The molecule has 1 amide bonds. The van der Waals surface area contributed by atoms with Gasteiger partial charge in [0.2, 0.25) is 0 Å². The number of aromatic nitrogens is 1. The van der Waals surface area contributed by atoms with Gasteiger partial charge in [0.25, 0.3) is 5.91 Å². The van der Waals surface area contributed by atoms with Gasteiger partial charge in [0.1, 0.15) is 5.82 Å². The van der Waals surface area contributed by atoms with Crippen LogP contribution >= 0.6 is 0 Å². The second-order valence-corrected chi connectivity index (χ2v) is 6.37. The van der Waals surface area contributed by atoms with Gasteiger partial charge in [0, 0.05) is 11.9 Å². The smallest absolute Gasteiger partial charge is 0.339 e. The molecule has 0 aliphatic rings. The third-order valence-electron chi connectivity index (χ3n) is 4.25. The maximum Gasteiger partial charge on any atom is 0.339 e. The molecule has 0 aliphatic carbocycles. The maximum absolute atomic E-state index is 12.5. The second kappa shape index (κ2) is 8.35. The molecule has 0 saturated carbocycles. The molecule has 6 nitrogen and oxygen atoms in total. The van der Waals surface area contributed by atoms with Gasteiger partial charge < -0.3 is 15.4 Å². The van der Waals surface area contributed by atoms with Crippen LogP contribution < -0.4 is 10.6 Å². The molecule has 28 heavy (non-hydrogen) atoms. The largest absolute Gasteiger partial charge is 0.465 e. The highest BCUT2D eigenvalue weighted by molar-refractivity contribution is 6.04. The summed E-state index contributed by atoms with van der Waals surface area (Å²) in [6, 6.07) is 16.2.